The van der Waals surface area contributed by atoms with Gasteiger partial charge in [-0.15, -0.1) is 0 Å². The standard InChI is InChI=1S/C12H9N3O2/c16-12(10-6-3-7-17-10)13-11-8-4-1-2-5-9(8)14-15-11/h1-7H,(H2,13,14,15,16). The van der Waals surface area contributed by atoms with Crippen molar-refractivity contribution >= 4 is 22.6 Å². The highest BCUT2D eigenvalue weighted by molar-refractivity contribution is 6.06. The molecule has 0 radical (unpaired) electrons. The van der Waals surface area contributed by atoms with Gasteiger partial charge in [0.25, 0.3) is 5.91 Å². The van der Waals surface area contributed by atoms with Gasteiger partial charge in [0.05, 0.1) is 11.8 Å². The number of hydrogen-bond donors (Lipinski definition) is 2. The predicted octanol–water partition coefficient (Wildman–Crippen LogP) is 2.41. The minimum Gasteiger partial charge on any atom is -0.459 e. The molecule has 2 aromatic heterocycles. The van der Waals surface area contributed by atoms with Gasteiger partial charge in [0.1, 0.15) is 0 Å². The number of carbonyl (C=O) groups is 1. The molecule has 3 aromatic rings. The van der Waals surface area contributed by atoms with E-state index in [0.717, 1.165) is 10.9 Å². The van der Waals surface area contributed by atoms with Crippen LogP contribution in [0.1, 0.15) is 10.6 Å². The first-order valence-electron chi connectivity index (χ1n) is 5.12. The van der Waals surface area contributed by atoms with E-state index < -0.39 is 0 Å². The van der Waals surface area contributed by atoms with E-state index in [9.17, 15) is 4.79 Å². The molecule has 84 valence electrons. The third-order valence-electron chi connectivity index (χ3n) is 2.45. The molecule has 17 heavy (non-hydrogen) atoms. The van der Waals surface area contributed by atoms with Crippen LogP contribution in [-0.4, -0.2) is 16.1 Å². The van der Waals surface area contributed by atoms with Gasteiger partial charge >= 0.3 is 0 Å². The highest BCUT2D eigenvalue weighted by atomic mass is 16.3. The summed E-state index contributed by atoms with van der Waals surface area (Å²) in [6, 6.07) is 10.8. The largest absolute Gasteiger partial charge is 0.459 e. The minimum absolute atomic E-state index is 0.261. The number of aromatic nitrogens is 2. The van der Waals surface area contributed by atoms with Crippen LogP contribution >= 0.6 is 0 Å². The van der Waals surface area contributed by atoms with Crippen molar-refractivity contribution in [2.75, 3.05) is 5.32 Å². The molecule has 0 saturated carbocycles. The second kappa shape index (κ2) is 3.79. The van der Waals surface area contributed by atoms with Crippen LogP contribution in [0.25, 0.3) is 10.9 Å². The maximum atomic E-state index is 11.8. The van der Waals surface area contributed by atoms with Crippen molar-refractivity contribution in [3.05, 3.63) is 48.4 Å². The van der Waals surface area contributed by atoms with Gasteiger partial charge in [0.15, 0.2) is 11.6 Å². The summed E-state index contributed by atoms with van der Waals surface area (Å²) in [7, 11) is 0. The highest BCUT2D eigenvalue weighted by Gasteiger charge is 2.12. The zero-order valence-corrected chi connectivity index (χ0v) is 8.81. The molecule has 0 bridgehead atoms. The van der Waals surface area contributed by atoms with Gasteiger partial charge in [-0.25, -0.2) is 0 Å². The van der Waals surface area contributed by atoms with E-state index in [1.165, 1.54) is 6.26 Å². The Morgan fingerprint density at radius 3 is 2.94 bits per heavy atom. The molecule has 1 amide bonds. The fourth-order valence-corrected chi connectivity index (χ4v) is 1.64. The number of benzene rings is 1. The number of rotatable bonds is 2. The van der Waals surface area contributed by atoms with Crippen LogP contribution in [-0.2, 0) is 0 Å². The van der Waals surface area contributed by atoms with Crippen molar-refractivity contribution in [3.63, 3.8) is 0 Å². The number of anilines is 1. The Bertz CT molecular complexity index is 655. The molecule has 0 saturated heterocycles. The number of carbonyl (C=O) groups excluding carboxylic acids is 1. The zero-order chi connectivity index (χ0) is 11.7. The van der Waals surface area contributed by atoms with Crippen molar-refractivity contribution < 1.29 is 9.21 Å². The number of hydrogen-bond acceptors (Lipinski definition) is 3. The van der Waals surface area contributed by atoms with Gasteiger partial charge < -0.3 is 9.73 Å². The maximum absolute atomic E-state index is 11.8. The molecule has 5 nitrogen and oxygen atoms in total. The Morgan fingerprint density at radius 1 is 1.24 bits per heavy atom. The lowest BCUT2D eigenvalue weighted by Gasteiger charge is -1.98. The van der Waals surface area contributed by atoms with Crippen LogP contribution in [0.4, 0.5) is 5.82 Å². The van der Waals surface area contributed by atoms with E-state index in [0.29, 0.717) is 5.82 Å². The van der Waals surface area contributed by atoms with Gasteiger partial charge in [-0.1, -0.05) is 12.1 Å². The average Bonchev–Trinajstić information content (AvgIpc) is 2.98. The number of amides is 1. The van der Waals surface area contributed by atoms with Crippen molar-refractivity contribution in [2.45, 2.75) is 0 Å². The van der Waals surface area contributed by atoms with Crippen LogP contribution in [0.5, 0.6) is 0 Å². The molecule has 5 heteroatoms. The van der Waals surface area contributed by atoms with Crippen LogP contribution in [0.2, 0.25) is 0 Å². The van der Waals surface area contributed by atoms with Gasteiger partial charge in [0.2, 0.25) is 0 Å². The zero-order valence-electron chi connectivity index (χ0n) is 8.81. The third-order valence-corrected chi connectivity index (χ3v) is 2.45. The molecule has 3 rings (SSSR count). The number of H-pyrrole nitrogens is 1. The first-order valence-corrected chi connectivity index (χ1v) is 5.12. The van der Waals surface area contributed by atoms with Gasteiger partial charge in [-0.3, -0.25) is 9.89 Å². The molecule has 0 unspecified atom stereocenters. The van der Waals surface area contributed by atoms with Crippen LogP contribution in [0, 0.1) is 0 Å². The van der Waals surface area contributed by atoms with E-state index in [4.69, 9.17) is 4.42 Å². The molecule has 0 fully saturated rings. The van der Waals surface area contributed by atoms with E-state index >= 15 is 0 Å². The lowest BCUT2D eigenvalue weighted by atomic mass is 10.2. The highest BCUT2D eigenvalue weighted by Crippen LogP contribution is 2.20. The fraction of sp³-hybridized carbons (Fsp3) is 0. The quantitative estimate of drug-likeness (QED) is 0.706. The van der Waals surface area contributed by atoms with Gasteiger partial charge in [-0.05, 0) is 24.3 Å². The summed E-state index contributed by atoms with van der Waals surface area (Å²) in [5.74, 6) is 0.450. The van der Waals surface area contributed by atoms with Crippen molar-refractivity contribution in [1.29, 1.82) is 0 Å². The molecule has 2 heterocycles. The van der Waals surface area contributed by atoms with E-state index in [1.54, 1.807) is 12.1 Å². The Morgan fingerprint density at radius 2 is 2.12 bits per heavy atom. The smallest absolute Gasteiger partial charge is 0.292 e. The van der Waals surface area contributed by atoms with Crippen LogP contribution in [0.15, 0.2) is 47.1 Å². The van der Waals surface area contributed by atoms with Crippen molar-refractivity contribution in [1.82, 2.24) is 10.2 Å². The number of fused-ring (bicyclic) bond motifs is 1. The monoisotopic (exact) mass is 227 g/mol. The summed E-state index contributed by atoms with van der Waals surface area (Å²) >= 11 is 0. The lowest BCUT2D eigenvalue weighted by molar-refractivity contribution is 0.0996. The number of nitrogens with zero attached hydrogens (tertiary/aromatic N) is 1. The Hall–Kier alpha value is -2.56. The second-order valence-corrected chi connectivity index (χ2v) is 3.55. The predicted molar refractivity (Wildman–Crippen MR) is 62.8 cm³/mol. The summed E-state index contributed by atoms with van der Waals surface area (Å²) in [4.78, 5) is 11.8. The summed E-state index contributed by atoms with van der Waals surface area (Å²) in [6.45, 7) is 0. The molecule has 0 aliphatic heterocycles. The second-order valence-electron chi connectivity index (χ2n) is 3.55. The molecule has 2 N–H and O–H groups in total. The maximum Gasteiger partial charge on any atom is 0.292 e. The van der Waals surface area contributed by atoms with E-state index in [1.807, 2.05) is 24.3 Å². The summed E-state index contributed by atoms with van der Waals surface area (Å²) in [5.41, 5.74) is 0.877. The Kier molecular flexibility index (Phi) is 2.15. The molecule has 0 atom stereocenters. The molecule has 1 aromatic carbocycles. The first kappa shape index (κ1) is 9.65. The summed E-state index contributed by atoms with van der Waals surface area (Å²) in [5, 5.41) is 10.5. The summed E-state index contributed by atoms with van der Waals surface area (Å²) in [6.07, 6.45) is 1.46. The molecule has 0 aliphatic carbocycles. The Balaban J connectivity index is 1.93. The van der Waals surface area contributed by atoms with Crippen molar-refractivity contribution in [2.24, 2.45) is 0 Å². The number of nitrogens with one attached hydrogen (secondary N) is 2. The van der Waals surface area contributed by atoms with Crippen LogP contribution in [0.3, 0.4) is 0 Å². The molecular weight excluding hydrogens is 218 g/mol. The van der Waals surface area contributed by atoms with E-state index in [-0.39, 0.29) is 11.7 Å². The molecule has 0 spiro atoms. The van der Waals surface area contributed by atoms with E-state index in [2.05, 4.69) is 15.5 Å². The topological polar surface area (TPSA) is 70.9 Å². The number of furan rings is 1. The average molecular weight is 227 g/mol. The van der Waals surface area contributed by atoms with Gasteiger partial charge in [0, 0.05) is 5.39 Å². The third kappa shape index (κ3) is 1.67. The van der Waals surface area contributed by atoms with Crippen LogP contribution < -0.4 is 5.32 Å². The normalized spacial score (nSPS) is 10.6. The summed E-state index contributed by atoms with van der Waals surface area (Å²) < 4.78 is 5.01. The Labute approximate surface area is 96.4 Å². The SMILES string of the molecule is O=C(Nc1n[nH]c2ccccc12)c1ccco1. The minimum atomic E-state index is -0.313. The first-order chi connectivity index (χ1) is 8.34. The van der Waals surface area contributed by atoms with Gasteiger partial charge in [-0.2, -0.15) is 5.10 Å². The van der Waals surface area contributed by atoms with Crippen molar-refractivity contribution in [3.8, 4) is 0 Å². The fourth-order valence-electron chi connectivity index (χ4n) is 1.64. The lowest BCUT2D eigenvalue weighted by Crippen LogP contribution is -2.11. The molecular formula is C12H9N3O2. The number of aromatic amines is 1. The number of para-hydroxylation sites is 1. The molecule has 0 aliphatic rings.